The number of alkyl halides is 3. The number of carbonyl (C=O) groups excluding carboxylic acids is 2. The number of ether oxygens (including phenoxy) is 1. The first kappa shape index (κ1) is 22.5. The zero-order valence-corrected chi connectivity index (χ0v) is 16.1. The van der Waals surface area contributed by atoms with Crippen LogP contribution in [0.15, 0.2) is 30.3 Å². The van der Waals surface area contributed by atoms with Crippen molar-refractivity contribution < 1.29 is 36.3 Å². The van der Waals surface area contributed by atoms with E-state index in [1.165, 1.54) is 6.07 Å². The third kappa shape index (κ3) is 5.32. The van der Waals surface area contributed by atoms with Crippen LogP contribution in [0.4, 0.5) is 26.7 Å². The molecule has 0 aliphatic carbocycles. The van der Waals surface area contributed by atoms with E-state index in [0.29, 0.717) is 0 Å². The lowest BCUT2D eigenvalue weighted by Gasteiger charge is -2.22. The Kier molecular flexibility index (Phi) is 6.78. The standard InChI is InChI=1S/C18H14ClF5N4O3/c19-8-5-7(1-2-9(8)20)13(28-16(29)12-6-25-18(30)27-12)11-4-3-10(21)17(26-11)31-15(24)14(22)23/h1-5,12-15H,6H2,(H,28,29)(H2,25,27,30)/t12-,13?,15?/m0/s1. The maximum absolute atomic E-state index is 13.9. The first-order valence-corrected chi connectivity index (χ1v) is 9.08. The van der Waals surface area contributed by atoms with E-state index in [2.05, 4.69) is 25.7 Å². The summed E-state index contributed by atoms with van der Waals surface area (Å²) in [5, 5.41) is 6.97. The Morgan fingerprint density at radius 3 is 2.52 bits per heavy atom. The number of nitrogens with one attached hydrogen (secondary N) is 3. The average molecular weight is 465 g/mol. The number of benzene rings is 1. The van der Waals surface area contributed by atoms with Crippen molar-refractivity contribution in [2.45, 2.75) is 24.9 Å². The number of urea groups is 1. The molecule has 0 spiro atoms. The molecule has 1 aromatic carbocycles. The molecule has 3 atom stereocenters. The van der Waals surface area contributed by atoms with Crippen LogP contribution in [-0.4, -0.2) is 42.3 Å². The zero-order valence-electron chi connectivity index (χ0n) is 15.3. The number of amides is 3. The Hall–Kier alpha value is -3.15. The van der Waals surface area contributed by atoms with Gasteiger partial charge >= 0.3 is 12.5 Å². The molecule has 1 aliphatic heterocycles. The van der Waals surface area contributed by atoms with Crippen molar-refractivity contribution in [3.8, 4) is 5.88 Å². The summed E-state index contributed by atoms with van der Waals surface area (Å²) in [4.78, 5) is 27.5. The summed E-state index contributed by atoms with van der Waals surface area (Å²) in [6, 6.07) is 2.55. The van der Waals surface area contributed by atoms with E-state index in [0.717, 1.165) is 24.3 Å². The van der Waals surface area contributed by atoms with Gasteiger partial charge in [0.25, 0.3) is 12.2 Å². The van der Waals surface area contributed by atoms with Crippen molar-refractivity contribution in [1.29, 1.82) is 0 Å². The molecule has 13 heteroatoms. The highest BCUT2D eigenvalue weighted by molar-refractivity contribution is 6.30. The third-order valence-corrected chi connectivity index (χ3v) is 4.50. The molecule has 2 unspecified atom stereocenters. The van der Waals surface area contributed by atoms with Crippen LogP contribution in [0.5, 0.6) is 5.88 Å². The molecular weight excluding hydrogens is 451 g/mol. The molecule has 166 valence electrons. The maximum Gasteiger partial charge on any atom is 0.315 e. The summed E-state index contributed by atoms with van der Waals surface area (Å²) in [6.07, 6.45) is -6.68. The van der Waals surface area contributed by atoms with Crippen LogP contribution >= 0.6 is 11.6 Å². The van der Waals surface area contributed by atoms with Crippen molar-refractivity contribution in [2.75, 3.05) is 6.54 Å². The SMILES string of the molecule is O=C1NC[C@@H](C(=O)NC(c2ccc(F)c(Cl)c2)c2ccc(F)c(OC(F)C(F)F)n2)N1. The Labute approximate surface area is 176 Å². The minimum atomic E-state index is -3.55. The molecule has 3 rings (SSSR count). The molecule has 1 fully saturated rings. The molecule has 2 aromatic rings. The number of nitrogens with zero attached hydrogens (tertiary/aromatic N) is 1. The molecule has 0 bridgehead atoms. The molecule has 0 radical (unpaired) electrons. The van der Waals surface area contributed by atoms with Gasteiger partial charge in [-0.15, -0.1) is 0 Å². The number of carbonyl (C=O) groups is 2. The number of rotatable bonds is 7. The number of hydrogen-bond acceptors (Lipinski definition) is 4. The van der Waals surface area contributed by atoms with Crippen LogP contribution in [0, 0.1) is 11.6 Å². The van der Waals surface area contributed by atoms with Crippen LogP contribution in [0.3, 0.4) is 0 Å². The van der Waals surface area contributed by atoms with Gasteiger partial charge < -0.3 is 20.7 Å². The van der Waals surface area contributed by atoms with E-state index in [-0.39, 0.29) is 22.8 Å². The summed E-state index contributed by atoms with van der Waals surface area (Å²) >= 11 is 5.80. The highest BCUT2D eigenvalue weighted by Crippen LogP contribution is 2.28. The predicted octanol–water partition coefficient (Wildman–Crippen LogP) is 2.84. The van der Waals surface area contributed by atoms with Crippen molar-refractivity contribution in [3.63, 3.8) is 0 Å². The first-order chi connectivity index (χ1) is 14.7. The van der Waals surface area contributed by atoms with Crippen LogP contribution in [-0.2, 0) is 4.79 Å². The number of hydrogen-bond donors (Lipinski definition) is 3. The lowest BCUT2D eigenvalue weighted by Crippen LogP contribution is -2.44. The second kappa shape index (κ2) is 9.33. The van der Waals surface area contributed by atoms with Gasteiger partial charge in [0, 0.05) is 6.54 Å². The van der Waals surface area contributed by atoms with E-state index in [1.807, 2.05) is 0 Å². The number of halogens is 6. The molecule has 3 amide bonds. The molecule has 7 nitrogen and oxygen atoms in total. The molecular formula is C18H14ClF5N4O3. The lowest BCUT2D eigenvalue weighted by molar-refractivity contribution is -0.123. The van der Waals surface area contributed by atoms with Crippen LogP contribution < -0.4 is 20.7 Å². The highest BCUT2D eigenvalue weighted by atomic mass is 35.5. The van der Waals surface area contributed by atoms with Crippen LogP contribution in [0.1, 0.15) is 17.3 Å². The van der Waals surface area contributed by atoms with Gasteiger partial charge in [-0.2, -0.15) is 4.39 Å². The Morgan fingerprint density at radius 1 is 1.19 bits per heavy atom. The highest BCUT2D eigenvalue weighted by Gasteiger charge is 2.30. The monoisotopic (exact) mass is 464 g/mol. The van der Waals surface area contributed by atoms with Gasteiger partial charge in [-0.25, -0.2) is 27.3 Å². The van der Waals surface area contributed by atoms with Gasteiger partial charge in [0.05, 0.1) is 16.8 Å². The topological polar surface area (TPSA) is 92.4 Å². The van der Waals surface area contributed by atoms with Gasteiger partial charge in [0.1, 0.15) is 11.9 Å². The molecule has 2 heterocycles. The van der Waals surface area contributed by atoms with Gasteiger partial charge in [0.15, 0.2) is 5.82 Å². The van der Waals surface area contributed by atoms with Gasteiger partial charge in [-0.05, 0) is 29.8 Å². The normalized spacial score (nSPS) is 17.6. The first-order valence-electron chi connectivity index (χ1n) is 8.70. The Morgan fingerprint density at radius 2 is 1.90 bits per heavy atom. The third-order valence-electron chi connectivity index (χ3n) is 4.21. The minimum absolute atomic E-state index is 0.0231. The van der Waals surface area contributed by atoms with Gasteiger partial charge in [0.2, 0.25) is 5.91 Å². The Bertz CT molecular complexity index is 997. The lowest BCUT2D eigenvalue weighted by atomic mass is 10.0. The van der Waals surface area contributed by atoms with E-state index in [1.54, 1.807) is 0 Å². The van der Waals surface area contributed by atoms with Crippen LogP contribution in [0.2, 0.25) is 5.02 Å². The van der Waals surface area contributed by atoms with E-state index in [9.17, 15) is 31.5 Å². The minimum Gasteiger partial charge on any atom is -0.435 e. The number of pyridine rings is 1. The molecule has 31 heavy (non-hydrogen) atoms. The molecule has 1 aliphatic rings. The molecule has 1 aromatic heterocycles. The van der Waals surface area contributed by atoms with E-state index in [4.69, 9.17) is 11.6 Å². The van der Waals surface area contributed by atoms with Crippen LogP contribution in [0.25, 0.3) is 0 Å². The fourth-order valence-electron chi connectivity index (χ4n) is 2.72. The van der Waals surface area contributed by atoms with Crippen molar-refractivity contribution >= 4 is 23.5 Å². The summed E-state index contributed by atoms with van der Waals surface area (Å²) in [5.41, 5.74) is 0.0407. The molecule has 3 N–H and O–H groups in total. The smallest absolute Gasteiger partial charge is 0.315 e. The van der Waals surface area contributed by atoms with Gasteiger partial charge in [-0.3, -0.25) is 4.79 Å². The maximum atomic E-state index is 13.9. The summed E-state index contributed by atoms with van der Waals surface area (Å²) < 4.78 is 69.8. The Balaban J connectivity index is 1.96. The van der Waals surface area contributed by atoms with Gasteiger partial charge in [-0.1, -0.05) is 17.7 Å². The summed E-state index contributed by atoms with van der Waals surface area (Å²) in [5.74, 6) is -3.72. The molecule has 1 saturated heterocycles. The second-order valence-corrected chi connectivity index (χ2v) is 6.76. The fourth-order valence-corrected chi connectivity index (χ4v) is 2.90. The van der Waals surface area contributed by atoms with E-state index >= 15 is 0 Å². The van der Waals surface area contributed by atoms with Crippen molar-refractivity contribution in [2.24, 2.45) is 0 Å². The zero-order chi connectivity index (χ0) is 22.7. The summed E-state index contributed by atoms with van der Waals surface area (Å²) in [7, 11) is 0. The van der Waals surface area contributed by atoms with Crippen molar-refractivity contribution in [3.05, 3.63) is 58.2 Å². The fraction of sp³-hybridized carbons (Fsp3) is 0.278. The van der Waals surface area contributed by atoms with Crippen molar-refractivity contribution in [1.82, 2.24) is 20.9 Å². The average Bonchev–Trinajstić information content (AvgIpc) is 3.16. The molecule has 0 saturated carbocycles. The quantitative estimate of drug-likeness (QED) is 0.549. The summed E-state index contributed by atoms with van der Waals surface area (Å²) in [6.45, 7) is -0.0231. The van der Waals surface area contributed by atoms with E-state index < -0.39 is 54.3 Å². The number of aromatic nitrogens is 1. The predicted molar refractivity (Wildman–Crippen MR) is 97.4 cm³/mol. The largest absolute Gasteiger partial charge is 0.435 e. The second-order valence-electron chi connectivity index (χ2n) is 6.35.